The van der Waals surface area contributed by atoms with E-state index in [2.05, 4.69) is 27.4 Å². The minimum atomic E-state index is -0.0730. The molecule has 3 aromatic rings. The molecular formula is C19H20N4OS. The summed E-state index contributed by atoms with van der Waals surface area (Å²) in [4.78, 5) is 16.5. The van der Waals surface area contributed by atoms with Gasteiger partial charge in [0, 0.05) is 11.3 Å². The highest BCUT2D eigenvalue weighted by atomic mass is 32.2. The molecule has 5 nitrogen and oxygen atoms in total. The van der Waals surface area contributed by atoms with E-state index in [1.807, 2.05) is 55.5 Å². The third kappa shape index (κ3) is 4.70. The van der Waals surface area contributed by atoms with Gasteiger partial charge in [0.25, 0.3) is 0 Å². The third-order valence-electron chi connectivity index (χ3n) is 3.73. The Balaban J connectivity index is 1.55. The van der Waals surface area contributed by atoms with Crippen molar-refractivity contribution in [1.29, 1.82) is 0 Å². The first-order valence-corrected chi connectivity index (χ1v) is 9.13. The van der Waals surface area contributed by atoms with E-state index >= 15 is 0 Å². The Hall–Kier alpha value is -2.60. The molecule has 0 atom stereocenters. The molecule has 3 rings (SSSR count). The van der Waals surface area contributed by atoms with Crippen LogP contribution in [0.4, 0.5) is 5.69 Å². The number of nitrogens with one attached hydrogen (secondary N) is 2. The summed E-state index contributed by atoms with van der Waals surface area (Å²) < 4.78 is 0. The summed E-state index contributed by atoms with van der Waals surface area (Å²) in [5, 5.41) is 10.5. The van der Waals surface area contributed by atoms with Crippen molar-refractivity contribution in [2.24, 2.45) is 0 Å². The monoisotopic (exact) mass is 352 g/mol. The zero-order valence-corrected chi connectivity index (χ0v) is 15.1. The molecule has 25 heavy (non-hydrogen) atoms. The predicted octanol–water partition coefficient (Wildman–Crippen LogP) is 4.07. The maximum atomic E-state index is 12.1. The van der Waals surface area contributed by atoms with Crippen LogP contribution < -0.4 is 5.32 Å². The van der Waals surface area contributed by atoms with Crippen LogP contribution in [0.5, 0.6) is 0 Å². The van der Waals surface area contributed by atoms with Gasteiger partial charge in [0.1, 0.15) is 0 Å². The highest BCUT2D eigenvalue weighted by Gasteiger charge is 2.09. The second kappa shape index (κ2) is 7.98. The number of carbonyl (C=O) groups is 1. The molecule has 0 spiro atoms. The first-order valence-electron chi connectivity index (χ1n) is 8.15. The smallest absolute Gasteiger partial charge is 0.234 e. The quantitative estimate of drug-likeness (QED) is 0.656. The summed E-state index contributed by atoms with van der Waals surface area (Å²) in [6, 6.07) is 15.9. The molecule has 2 aromatic carbocycles. The lowest BCUT2D eigenvalue weighted by Gasteiger charge is -2.04. The first-order chi connectivity index (χ1) is 12.1. The van der Waals surface area contributed by atoms with Crippen LogP contribution in [0.2, 0.25) is 0 Å². The van der Waals surface area contributed by atoms with Gasteiger partial charge in [0.2, 0.25) is 11.1 Å². The number of aryl methyl sites for hydroxylation is 2. The summed E-state index contributed by atoms with van der Waals surface area (Å²) in [7, 11) is 0. The number of benzene rings is 2. The first kappa shape index (κ1) is 17.2. The molecule has 0 bridgehead atoms. The Morgan fingerprint density at radius 1 is 1.20 bits per heavy atom. The van der Waals surface area contributed by atoms with Crippen molar-refractivity contribution in [2.75, 3.05) is 11.1 Å². The van der Waals surface area contributed by atoms with Crippen LogP contribution in [0.3, 0.4) is 0 Å². The van der Waals surface area contributed by atoms with E-state index in [0.29, 0.717) is 11.0 Å². The van der Waals surface area contributed by atoms with Crippen LogP contribution >= 0.6 is 11.8 Å². The Labute approximate surface area is 151 Å². The van der Waals surface area contributed by atoms with Gasteiger partial charge in [0.05, 0.1) is 5.75 Å². The zero-order chi connectivity index (χ0) is 17.6. The van der Waals surface area contributed by atoms with Gasteiger partial charge in [0.15, 0.2) is 5.82 Å². The maximum absolute atomic E-state index is 12.1. The van der Waals surface area contributed by atoms with Gasteiger partial charge >= 0.3 is 0 Å². The minimum Gasteiger partial charge on any atom is -0.325 e. The van der Waals surface area contributed by atoms with Crippen molar-refractivity contribution in [3.8, 4) is 11.4 Å². The van der Waals surface area contributed by atoms with E-state index in [4.69, 9.17) is 0 Å². The lowest BCUT2D eigenvalue weighted by molar-refractivity contribution is -0.113. The number of aromatic amines is 1. The van der Waals surface area contributed by atoms with E-state index in [9.17, 15) is 4.79 Å². The molecule has 0 aliphatic carbocycles. The van der Waals surface area contributed by atoms with E-state index in [0.717, 1.165) is 23.2 Å². The fourth-order valence-electron chi connectivity index (χ4n) is 2.38. The lowest BCUT2D eigenvalue weighted by atomic mass is 10.1. The summed E-state index contributed by atoms with van der Waals surface area (Å²) in [6.45, 7) is 4.14. The second-order valence-corrected chi connectivity index (χ2v) is 6.67. The van der Waals surface area contributed by atoms with E-state index in [1.165, 1.54) is 17.3 Å². The number of nitrogens with zero attached hydrogens (tertiary/aromatic N) is 2. The van der Waals surface area contributed by atoms with Gasteiger partial charge in [-0.3, -0.25) is 9.89 Å². The fourth-order valence-corrected chi connectivity index (χ4v) is 2.98. The SMILES string of the molecule is CCc1ccc(NC(=O)CSc2n[nH]c(-c3cccc(C)c3)n2)cc1. The normalized spacial score (nSPS) is 10.6. The zero-order valence-electron chi connectivity index (χ0n) is 14.2. The standard InChI is InChI=1S/C19H20N4OS/c1-3-14-7-9-16(10-8-14)20-17(24)12-25-19-21-18(22-23-19)15-6-4-5-13(2)11-15/h4-11H,3,12H2,1-2H3,(H,20,24)(H,21,22,23). The van der Waals surface area contributed by atoms with Crippen LogP contribution in [0.15, 0.2) is 53.7 Å². The average Bonchev–Trinajstić information content (AvgIpc) is 3.10. The van der Waals surface area contributed by atoms with Crippen molar-refractivity contribution in [3.63, 3.8) is 0 Å². The van der Waals surface area contributed by atoms with Crippen LogP contribution in [-0.4, -0.2) is 26.8 Å². The largest absolute Gasteiger partial charge is 0.325 e. The highest BCUT2D eigenvalue weighted by molar-refractivity contribution is 7.99. The van der Waals surface area contributed by atoms with E-state index in [-0.39, 0.29) is 11.7 Å². The van der Waals surface area contributed by atoms with Crippen molar-refractivity contribution >= 4 is 23.4 Å². The van der Waals surface area contributed by atoms with Gasteiger partial charge in [-0.1, -0.05) is 54.6 Å². The van der Waals surface area contributed by atoms with Crippen molar-refractivity contribution < 1.29 is 4.79 Å². The summed E-state index contributed by atoms with van der Waals surface area (Å²) in [5.74, 6) is 0.901. The number of amides is 1. The summed E-state index contributed by atoms with van der Waals surface area (Å²) in [6.07, 6.45) is 0.984. The van der Waals surface area contributed by atoms with Gasteiger partial charge in [-0.2, -0.15) is 0 Å². The van der Waals surface area contributed by atoms with Crippen LogP contribution in [0.1, 0.15) is 18.1 Å². The molecule has 0 saturated carbocycles. The van der Waals surface area contributed by atoms with Crippen LogP contribution in [0.25, 0.3) is 11.4 Å². The number of carbonyl (C=O) groups excluding carboxylic acids is 1. The fraction of sp³-hybridized carbons (Fsp3) is 0.211. The van der Waals surface area contributed by atoms with Gasteiger partial charge < -0.3 is 5.32 Å². The highest BCUT2D eigenvalue weighted by Crippen LogP contribution is 2.20. The van der Waals surface area contributed by atoms with Crippen LogP contribution in [-0.2, 0) is 11.2 Å². The van der Waals surface area contributed by atoms with Crippen molar-refractivity contribution in [1.82, 2.24) is 15.2 Å². The van der Waals surface area contributed by atoms with Crippen molar-refractivity contribution in [3.05, 3.63) is 59.7 Å². The molecule has 0 unspecified atom stereocenters. The molecule has 1 amide bonds. The van der Waals surface area contributed by atoms with E-state index in [1.54, 1.807) is 0 Å². The number of aromatic nitrogens is 3. The molecule has 1 heterocycles. The average molecular weight is 352 g/mol. The molecule has 128 valence electrons. The molecule has 2 N–H and O–H groups in total. The van der Waals surface area contributed by atoms with Gasteiger partial charge in [-0.25, -0.2) is 4.98 Å². The third-order valence-corrected chi connectivity index (χ3v) is 4.58. The lowest BCUT2D eigenvalue weighted by Crippen LogP contribution is -2.14. The Kier molecular flexibility index (Phi) is 5.50. The van der Waals surface area contributed by atoms with Gasteiger partial charge in [-0.15, -0.1) is 5.10 Å². The predicted molar refractivity (Wildman–Crippen MR) is 102 cm³/mol. The number of H-pyrrole nitrogens is 1. The van der Waals surface area contributed by atoms with Crippen LogP contribution in [0, 0.1) is 6.92 Å². The molecule has 0 aliphatic heterocycles. The summed E-state index contributed by atoms with van der Waals surface area (Å²) >= 11 is 1.31. The maximum Gasteiger partial charge on any atom is 0.234 e. The minimum absolute atomic E-state index is 0.0730. The Morgan fingerprint density at radius 3 is 2.72 bits per heavy atom. The molecule has 6 heteroatoms. The molecule has 0 fully saturated rings. The number of hydrogen-bond donors (Lipinski definition) is 2. The number of anilines is 1. The molecular weight excluding hydrogens is 332 g/mol. The molecule has 0 aliphatic rings. The number of thioether (sulfide) groups is 1. The Morgan fingerprint density at radius 2 is 2.00 bits per heavy atom. The van der Waals surface area contributed by atoms with Crippen molar-refractivity contribution in [2.45, 2.75) is 25.4 Å². The van der Waals surface area contributed by atoms with E-state index < -0.39 is 0 Å². The number of rotatable bonds is 6. The summed E-state index contributed by atoms with van der Waals surface area (Å²) in [5.41, 5.74) is 4.20. The Bertz CT molecular complexity index is 858. The molecule has 1 aromatic heterocycles. The number of hydrogen-bond acceptors (Lipinski definition) is 4. The second-order valence-electron chi connectivity index (χ2n) is 5.72. The molecule has 0 saturated heterocycles. The molecule has 0 radical (unpaired) electrons. The topological polar surface area (TPSA) is 70.7 Å². The van der Waals surface area contributed by atoms with Gasteiger partial charge in [-0.05, 0) is 37.1 Å².